The topological polar surface area (TPSA) is 78.2 Å². The van der Waals surface area contributed by atoms with Gasteiger partial charge in [0.15, 0.2) is 0 Å². The van der Waals surface area contributed by atoms with E-state index in [1.54, 1.807) is 0 Å². The average molecular weight is 286 g/mol. The molecule has 18 heavy (non-hydrogen) atoms. The molecule has 0 spiro atoms. The van der Waals surface area contributed by atoms with Gasteiger partial charge in [0.2, 0.25) is 5.88 Å². The first-order valence-electron chi connectivity index (χ1n) is 4.65. The Morgan fingerprint density at radius 2 is 2.06 bits per heavy atom. The molecule has 1 aromatic heterocycles. The predicted molar refractivity (Wildman–Crippen MR) is 65.2 cm³/mol. The van der Waals surface area contributed by atoms with Crippen LogP contribution in [-0.4, -0.2) is 14.9 Å². The molecule has 0 aliphatic carbocycles. The maximum atomic E-state index is 10.6. The highest BCUT2D eigenvalue weighted by Gasteiger charge is 2.13. The van der Waals surface area contributed by atoms with Gasteiger partial charge in [0.1, 0.15) is 22.1 Å². The van der Waals surface area contributed by atoms with Crippen LogP contribution in [0.5, 0.6) is 11.6 Å². The van der Waals surface area contributed by atoms with E-state index in [2.05, 4.69) is 9.97 Å². The van der Waals surface area contributed by atoms with Crippen molar-refractivity contribution in [2.24, 2.45) is 0 Å². The van der Waals surface area contributed by atoms with Crippen molar-refractivity contribution in [3.63, 3.8) is 0 Å². The third-order valence-electron chi connectivity index (χ3n) is 1.96. The monoisotopic (exact) mass is 285 g/mol. The van der Waals surface area contributed by atoms with Crippen LogP contribution in [0.2, 0.25) is 10.0 Å². The zero-order chi connectivity index (χ0) is 13.1. The highest BCUT2D eigenvalue weighted by atomic mass is 35.5. The minimum Gasteiger partial charge on any atom is -0.437 e. The second kappa shape index (κ2) is 5.16. The minimum atomic E-state index is -0.580. The molecule has 6 nitrogen and oxygen atoms in total. The number of halogens is 2. The van der Waals surface area contributed by atoms with Gasteiger partial charge in [-0.2, -0.15) is 0 Å². The summed E-state index contributed by atoms with van der Waals surface area (Å²) in [5, 5.41) is 10.8. The van der Waals surface area contributed by atoms with Gasteiger partial charge in [-0.15, -0.1) is 0 Å². The van der Waals surface area contributed by atoms with E-state index in [9.17, 15) is 10.1 Å². The molecule has 0 unspecified atom stereocenters. The number of hydrogen-bond acceptors (Lipinski definition) is 5. The Morgan fingerprint density at radius 3 is 2.67 bits per heavy atom. The quantitative estimate of drug-likeness (QED) is 0.637. The Morgan fingerprint density at radius 1 is 1.28 bits per heavy atom. The molecule has 0 amide bonds. The number of ether oxygens (including phenoxy) is 1. The van der Waals surface area contributed by atoms with Crippen molar-refractivity contribution < 1.29 is 9.66 Å². The second-order valence-corrected chi connectivity index (χ2v) is 3.96. The molecule has 0 saturated heterocycles. The van der Waals surface area contributed by atoms with Crippen LogP contribution >= 0.6 is 23.2 Å². The Balaban J connectivity index is 2.29. The van der Waals surface area contributed by atoms with Crippen LogP contribution in [0.15, 0.2) is 30.7 Å². The van der Waals surface area contributed by atoms with Crippen molar-refractivity contribution in [1.29, 1.82) is 0 Å². The van der Waals surface area contributed by atoms with Crippen molar-refractivity contribution in [2.45, 2.75) is 0 Å². The smallest absolute Gasteiger partial charge is 0.288 e. The summed E-state index contributed by atoms with van der Waals surface area (Å²) in [6, 6.07) is 3.97. The number of nitrogens with zero attached hydrogens (tertiary/aromatic N) is 3. The minimum absolute atomic E-state index is 0.0253. The molecule has 1 heterocycles. The number of aromatic nitrogens is 2. The van der Waals surface area contributed by atoms with Crippen LogP contribution in [0.3, 0.4) is 0 Å². The first kappa shape index (κ1) is 12.5. The van der Waals surface area contributed by atoms with Gasteiger partial charge in [-0.25, -0.2) is 9.97 Å². The summed E-state index contributed by atoms with van der Waals surface area (Å²) in [6.07, 6.45) is 2.64. The highest BCUT2D eigenvalue weighted by Crippen LogP contribution is 2.32. The second-order valence-electron chi connectivity index (χ2n) is 3.15. The van der Waals surface area contributed by atoms with E-state index in [1.807, 2.05) is 0 Å². The molecule has 0 aliphatic rings. The number of rotatable bonds is 3. The van der Waals surface area contributed by atoms with Gasteiger partial charge in [-0.05, 0) is 6.07 Å². The van der Waals surface area contributed by atoms with Gasteiger partial charge in [-0.1, -0.05) is 23.2 Å². The van der Waals surface area contributed by atoms with E-state index in [0.717, 1.165) is 0 Å². The van der Waals surface area contributed by atoms with Crippen molar-refractivity contribution in [3.8, 4) is 11.6 Å². The normalized spacial score (nSPS) is 10.1. The van der Waals surface area contributed by atoms with Gasteiger partial charge in [0.05, 0.1) is 11.1 Å². The summed E-state index contributed by atoms with van der Waals surface area (Å²) in [5.41, 5.74) is -0.196. The Bertz CT molecular complexity index is 607. The molecule has 8 heteroatoms. The average Bonchev–Trinajstić information content (AvgIpc) is 2.32. The van der Waals surface area contributed by atoms with Crippen molar-refractivity contribution in [1.82, 2.24) is 9.97 Å². The number of nitro benzene ring substituents is 1. The van der Waals surface area contributed by atoms with Crippen LogP contribution in [0.1, 0.15) is 0 Å². The first-order chi connectivity index (χ1) is 8.58. The van der Waals surface area contributed by atoms with E-state index < -0.39 is 4.92 Å². The number of hydrogen-bond donors (Lipinski definition) is 0. The molecule has 0 fully saturated rings. The molecule has 0 radical (unpaired) electrons. The SMILES string of the molecule is O=[N+]([O-])c1ccc(Oc2ncncc2Cl)cc1Cl. The largest absolute Gasteiger partial charge is 0.437 e. The van der Waals surface area contributed by atoms with Crippen LogP contribution < -0.4 is 4.74 Å². The fourth-order valence-corrected chi connectivity index (χ4v) is 1.57. The molecule has 0 bridgehead atoms. The van der Waals surface area contributed by atoms with Crippen LogP contribution in [-0.2, 0) is 0 Å². The molecule has 0 saturated carbocycles. The highest BCUT2D eigenvalue weighted by molar-refractivity contribution is 6.32. The zero-order valence-corrected chi connectivity index (χ0v) is 10.2. The van der Waals surface area contributed by atoms with Crippen LogP contribution in [0.25, 0.3) is 0 Å². The summed E-state index contributed by atoms with van der Waals surface area (Å²) in [5.74, 6) is 0.447. The zero-order valence-electron chi connectivity index (χ0n) is 8.71. The lowest BCUT2D eigenvalue weighted by Gasteiger charge is -2.05. The summed E-state index contributed by atoms with van der Waals surface area (Å²) in [4.78, 5) is 17.5. The van der Waals surface area contributed by atoms with Gasteiger partial charge in [0, 0.05) is 12.1 Å². The molecule has 92 valence electrons. The Labute approximate surface area is 111 Å². The van der Waals surface area contributed by atoms with Gasteiger partial charge in [-0.3, -0.25) is 10.1 Å². The molecule has 2 aromatic rings. The Kier molecular flexibility index (Phi) is 3.59. The van der Waals surface area contributed by atoms with Crippen LogP contribution in [0, 0.1) is 10.1 Å². The lowest BCUT2D eigenvalue weighted by atomic mass is 10.3. The molecule has 0 N–H and O–H groups in total. The summed E-state index contributed by atoms with van der Waals surface area (Å²) < 4.78 is 5.33. The van der Waals surface area contributed by atoms with Gasteiger partial charge < -0.3 is 4.74 Å². The fourth-order valence-electron chi connectivity index (χ4n) is 1.19. The number of nitro groups is 1. The van der Waals surface area contributed by atoms with Gasteiger partial charge in [0.25, 0.3) is 5.69 Å². The molecule has 0 aliphatic heterocycles. The van der Waals surface area contributed by atoms with Crippen LogP contribution in [0.4, 0.5) is 5.69 Å². The van der Waals surface area contributed by atoms with E-state index in [4.69, 9.17) is 27.9 Å². The molecule has 2 rings (SSSR count). The fraction of sp³-hybridized carbons (Fsp3) is 0. The summed E-state index contributed by atoms with van der Waals surface area (Å²) >= 11 is 11.5. The standard InChI is InChI=1S/C10H5Cl2N3O3/c11-7-3-6(1-2-9(7)15(16)17)18-10-8(12)4-13-5-14-10/h1-5H. The Hall–Kier alpha value is -1.92. The van der Waals surface area contributed by atoms with Crippen molar-refractivity contribution >= 4 is 28.9 Å². The lowest BCUT2D eigenvalue weighted by Crippen LogP contribution is -1.92. The van der Waals surface area contributed by atoms with E-state index in [1.165, 1.54) is 30.7 Å². The number of benzene rings is 1. The predicted octanol–water partition coefficient (Wildman–Crippen LogP) is 3.48. The first-order valence-corrected chi connectivity index (χ1v) is 5.41. The maximum Gasteiger partial charge on any atom is 0.288 e. The maximum absolute atomic E-state index is 10.6. The van der Waals surface area contributed by atoms with Gasteiger partial charge >= 0.3 is 0 Å². The molecular weight excluding hydrogens is 281 g/mol. The molecule has 0 atom stereocenters. The summed E-state index contributed by atoms with van der Waals surface area (Å²) in [7, 11) is 0. The molecule has 1 aromatic carbocycles. The summed E-state index contributed by atoms with van der Waals surface area (Å²) in [6.45, 7) is 0. The third-order valence-corrected chi connectivity index (χ3v) is 2.53. The van der Waals surface area contributed by atoms with E-state index in [-0.39, 0.29) is 21.6 Å². The van der Waals surface area contributed by atoms with Crippen molar-refractivity contribution in [3.05, 3.63) is 50.9 Å². The lowest BCUT2D eigenvalue weighted by molar-refractivity contribution is -0.384. The third kappa shape index (κ3) is 2.66. The van der Waals surface area contributed by atoms with Crippen molar-refractivity contribution in [2.75, 3.05) is 0 Å². The van der Waals surface area contributed by atoms with E-state index >= 15 is 0 Å². The van der Waals surface area contributed by atoms with E-state index in [0.29, 0.717) is 5.75 Å². The molecular formula is C10H5Cl2N3O3.